The van der Waals surface area contributed by atoms with E-state index in [9.17, 15) is 13.6 Å². The maximum atomic E-state index is 13.6. The Kier molecular flexibility index (Phi) is 5.22. The number of carbonyl (C=O) groups excluding carboxylic acids is 1. The molecule has 0 saturated heterocycles. The van der Waals surface area contributed by atoms with Crippen molar-refractivity contribution >= 4 is 17.7 Å². The first-order chi connectivity index (χ1) is 9.96. The first-order valence-corrected chi connectivity index (χ1v) is 7.96. The largest absolute Gasteiger partial charge is 0.469 e. The summed E-state index contributed by atoms with van der Waals surface area (Å²) in [4.78, 5) is 11.3. The first kappa shape index (κ1) is 16.2. The van der Waals surface area contributed by atoms with Gasteiger partial charge in [-0.05, 0) is 30.1 Å². The lowest BCUT2D eigenvalue weighted by Gasteiger charge is -2.16. The van der Waals surface area contributed by atoms with E-state index < -0.39 is 17.7 Å². The van der Waals surface area contributed by atoms with Crippen LogP contribution in [-0.2, 0) is 9.53 Å². The van der Waals surface area contributed by atoms with Crippen LogP contribution in [0.1, 0.15) is 30.9 Å². The molecule has 1 fully saturated rings. The molecule has 1 atom stereocenters. The number of benzene rings is 1. The highest BCUT2D eigenvalue weighted by molar-refractivity contribution is 7.99. The van der Waals surface area contributed by atoms with E-state index in [2.05, 4.69) is 0 Å². The molecule has 1 aromatic carbocycles. The Morgan fingerprint density at radius 2 is 2.19 bits per heavy atom. The second kappa shape index (κ2) is 6.75. The van der Waals surface area contributed by atoms with E-state index in [0.717, 1.165) is 24.7 Å². The number of hydrogen-bond donors (Lipinski definition) is 1. The molecule has 0 heterocycles. The minimum absolute atomic E-state index is 0.0266. The van der Waals surface area contributed by atoms with Gasteiger partial charge in [0.2, 0.25) is 0 Å². The van der Waals surface area contributed by atoms with Gasteiger partial charge in [0, 0.05) is 23.4 Å². The van der Waals surface area contributed by atoms with Gasteiger partial charge in [-0.3, -0.25) is 4.79 Å². The molecule has 1 aliphatic rings. The predicted octanol–water partition coefficient (Wildman–Crippen LogP) is 3.04. The van der Waals surface area contributed by atoms with E-state index in [-0.39, 0.29) is 11.4 Å². The molecule has 0 spiro atoms. The number of ether oxygens (including phenoxy) is 1. The Bertz CT molecular complexity index is 520. The minimum atomic E-state index is -0.612. The van der Waals surface area contributed by atoms with Crippen LogP contribution in [0.5, 0.6) is 0 Å². The molecule has 1 aliphatic carbocycles. The fourth-order valence-electron chi connectivity index (χ4n) is 2.22. The first-order valence-electron chi connectivity index (χ1n) is 6.81. The van der Waals surface area contributed by atoms with Gasteiger partial charge in [-0.2, -0.15) is 11.8 Å². The normalized spacial score (nSPS) is 17.3. The highest BCUT2D eigenvalue weighted by Crippen LogP contribution is 2.51. The fourth-order valence-corrected chi connectivity index (χ4v) is 3.60. The SMILES string of the molecule is COC(=O)CC1(CSCC(N)c2ccc(F)cc2F)CC1. The number of methoxy groups -OCH3 is 1. The van der Waals surface area contributed by atoms with Gasteiger partial charge in [0.15, 0.2) is 0 Å². The van der Waals surface area contributed by atoms with Gasteiger partial charge in [0.25, 0.3) is 0 Å². The highest BCUT2D eigenvalue weighted by Gasteiger charge is 2.44. The van der Waals surface area contributed by atoms with Crippen molar-refractivity contribution in [1.82, 2.24) is 0 Å². The van der Waals surface area contributed by atoms with E-state index >= 15 is 0 Å². The molecule has 1 aromatic rings. The molecule has 2 rings (SSSR count). The van der Waals surface area contributed by atoms with Crippen LogP contribution in [0.2, 0.25) is 0 Å². The number of carbonyl (C=O) groups is 1. The summed E-state index contributed by atoms with van der Waals surface area (Å²) < 4.78 is 31.1. The van der Waals surface area contributed by atoms with Crippen molar-refractivity contribution < 1.29 is 18.3 Å². The van der Waals surface area contributed by atoms with Gasteiger partial charge in [-0.1, -0.05) is 6.07 Å². The van der Waals surface area contributed by atoms with Crippen molar-refractivity contribution in [2.24, 2.45) is 11.1 Å². The summed E-state index contributed by atoms with van der Waals surface area (Å²) >= 11 is 1.60. The summed E-state index contributed by atoms with van der Waals surface area (Å²) in [6, 6.07) is 2.96. The quantitative estimate of drug-likeness (QED) is 0.786. The average Bonchev–Trinajstić information content (AvgIpc) is 3.18. The Morgan fingerprint density at radius 1 is 1.48 bits per heavy atom. The van der Waals surface area contributed by atoms with Crippen molar-refractivity contribution in [3.05, 3.63) is 35.4 Å². The topological polar surface area (TPSA) is 52.3 Å². The second-order valence-corrected chi connectivity index (χ2v) is 6.57. The van der Waals surface area contributed by atoms with Crippen molar-refractivity contribution in [2.75, 3.05) is 18.6 Å². The van der Waals surface area contributed by atoms with Crippen LogP contribution < -0.4 is 5.73 Å². The van der Waals surface area contributed by atoms with Gasteiger partial charge in [0.05, 0.1) is 13.5 Å². The van der Waals surface area contributed by atoms with Gasteiger partial charge in [-0.25, -0.2) is 8.78 Å². The monoisotopic (exact) mass is 315 g/mol. The van der Waals surface area contributed by atoms with Gasteiger partial charge < -0.3 is 10.5 Å². The fraction of sp³-hybridized carbons (Fsp3) is 0.533. The van der Waals surface area contributed by atoms with E-state index in [0.29, 0.717) is 17.7 Å². The maximum Gasteiger partial charge on any atom is 0.306 e. The summed E-state index contributed by atoms with van der Waals surface area (Å²) in [5.41, 5.74) is 6.30. The van der Waals surface area contributed by atoms with E-state index in [4.69, 9.17) is 10.5 Å². The molecule has 3 nitrogen and oxygen atoms in total. The lowest BCUT2D eigenvalue weighted by Crippen LogP contribution is -2.18. The number of esters is 1. The Labute approximate surface area is 127 Å². The Balaban J connectivity index is 1.82. The standard InChI is InChI=1S/C15H19F2NO2S/c1-20-14(19)7-15(4-5-15)9-21-8-13(18)11-3-2-10(16)6-12(11)17/h2-3,6,13H,4-5,7-9,18H2,1H3. The summed E-state index contributed by atoms with van der Waals surface area (Å²) in [5.74, 6) is -0.0729. The van der Waals surface area contributed by atoms with Crippen LogP contribution in [-0.4, -0.2) is 24.6 Å². The summed E-state index contributed by atoms with van der Waals surface area (Å²) in [7, 11) is 1.39. The average molecular weight is 315 g/mol. The smallest absolute Gasteiger partial charge is 0.306 e. The number of nitrogens with two attached hydrogens (primary N) is 1. The third kappa shape index (κ3) is 4.41. The minimum Gasteiger partial charge on any atom is -0.469 e. The van der Waals surface area contributed by atoms with Crippen molar-refractivity contribution in [2.45, 2.75) is 25.3 Å². The van der Waals surface area contributed by atoms with Crippen LogP contribution >= 0.6 is 11.8 Å². The van der Waals surface area contributed by atoms with Crippen LogP contribution in [0.15, 0.2) is 18.2 Å². The van der Waals surface area contributed by atoms with Gasteiger partial charge in [0.1, 0.15) is 11.6 Å². The summed E-state index contributed by atoms with van der Waals surface area (Å²) in [6.07, 6.45) is 2.45. The lowest BCUT2D eigenvalue weighted by atomic mass is 10.1. The third-order valence-electron chi connectivity index (χ3n) is 3.77. The molecular weight excluding hydrogens is 296 g/mol. The zero-order chi connectivity index (χ0) is 15.5. The van der Waals surface area contributed by atoms with E-state index in [1.54, 1.807) is 11.8 Å². The van der Waals surface area contributed by atoms with Gasteiger partial charge in [-0.15, -0.1) is 0 Å². The van der Waals surface area contributed by atoms with E-state index in [1.807, 2.05) is 0 Å². The molecule has 0 radical (unpaired) electrons. The van der Waals surface area contributed by atoms with Crippen LogP contribution in [0.4, 0.5) is 8.78 Å². The maximum absolute atomic E-state index is 13.6. The molecule has 1 unspecified atom stereocenters. The Hall–Kier alpha value is -1.14. The molecular formula is C15H19F2NO2S. The van der Waals surface area contributed by atoms with Crippen LogP contribution in [0, 0.1) is 17.0 Å². The molecule has 0 aromatic heterocycles. The molecule has 0 amide bonds. The number of halogens is 2. The third-order valence-corrected chi connectivity index (χ3v) is 5.18. The molecule has 6 heteroatoms. The molecule has 0 bridgehead atoms. The van der Waals surface area contributed by atoms with E-state index in [1.165, 1.54) is 19.2 Å². The van der Waals surface area contributed by atoms with Crippen molar-refractivity contribution in [3.8, 4) is 0 Å². The Morgan fingerprint density at radius 3 is 2.76 bits per heavy atom. The van der Waals surface area contributed by atoms with Crippen LogP contribution in [0.25, 0.3) is 0 Å². The predicted molar refractivity (Wildman–Crippen MR) is 78.9 cm³/mol. The van der Waals surface area contributed by atoms with Crippen molar-refractivity contribution in [3.63, 3.8) is 0 Å². The highest BCUT2D eigenvalue weighted by atomic mass is 32.2. The van der Waals surface area contributed by atoms with Crippen molar-refractivity contribution in [1.29, 1.82) is 0 Å². The number of rotatable bonds is 7. The molecule has 21 heavy (non-hydrogen) atoms. The summed E-state index contributed by atoms with van der Waals surface area (Å²) in [5, 5.41) is 0. The zero-order valence-electron chi connectivity index (χ0n) is 11.9. The molecule has 116 valence electrons. The number of thioether (sulfide) groups is 1. The second-order valence-electron chi connectivity index (χ2n) is 5.54. The molecule has 2 N–H and O–H groups in total. The summed E-state index contributed by atoms with van der Waals surface area (Å²) in [6.45, 7) is 0. The molecule has 1 saturated carbocycles. The zero-order valence-corrected chi connectivity index (χ0v) is 12.7. The van der Waals surface area contributed by atoms with Gasteiger partial charge >= 0.3 is 5.97 Å². The lowest BCUT2D eigenvalue weighted by molar-refractivity contribution is -0.141. The number of hydrogen-bond acceptors (Lipinski definition) is 4. The van der Waals surface area contributed by atoms with Crippen LogP contribution in [0.3, 0.4) is 0 Å². The molecule has 0 aliphatic heterocycles.